The van der Waals surface area contributed by atoms with E-state index in [1.165, 1.54) is 13.2 Å². The van der Waals surface area contributed by atoms with Crippen molar-refractivity contribution in [3.63, 3.8) is 0 Å². The van der Waals surface area contributed by atoms with E-state index in [2.05, 4.69) is 5.32 Å². The van der Waals surface area contributed by atoms with E-state index < -0.39 is 5.97 Å². The van der Waals surface area contributed by atoms with Crippen LogP contribution < -0.4 is 10.1 Å². The minimum absolute atomic E-state index is 0.0923. The Labute approximate surface area is 102 Å². The Kier molecular flexibility index (Phi) is 5.44. The van der Waals surface area contributed by atoms with Gasteiger partial charge in [0, 0.05) is 13.7 Å². The summed E-state index contributed by atoms with van der Waals surface area (Å²) >= 11 is 1.05. The second-order valence-corrected chi connectivity index (χ2v) is 3.97. The topological polar surface area (TPSA) is 84.9 Å². The largest absolute Gasteiger partial charge is 0.482 e. The molecule has 1 amide bonds. The number of carboxylic acid groups (broad SMARTS) is 1. The third kappa shape index (κ3) is 4.41. The van der Waals surface area contributed by atoms with E-state index in [-0.39, 0.29) is 23.1 Å². The first-order valence-corrected chi connectivity index (χ1v) is 5.72. The van der Waals surface area contributed by atoms with Crippen LogP contribution >= 0.6 is 11.3 Å². The zero-order valence-electron chi connectivity index (χ0n) is 9.26. The maximum absolute atomic E-state index is 11.3. The van der Waals surface area contributed by atoms with Crippen LogP contribution in [0.1, 0.15) is 9.67 Å². The van der Waals surface area contributed by atoms with Crippen LogP contribution in [0.25, 0.3) is 0 Å². The molecule has 6 nitrogen and oxygen atoms in total. The number of amides is 1. The quantitative estimate of drug-likeness (QED) is 0.700. The summed E-state index contributed by atoms with van der Waals surface area (Å²) in [5, 5.41) is 13.0. The van der Waals surface area contributed by atoms with E-state index >= 15 is 0 Å². The van der Waals surface area contributed by atoms with Crippen molar-refractivity contribution in [2.45, 2.75) is 0 Å². The van der Waals surface area contributed by atoms with Crippen molar-refractivity contribution in [1.82, 2.24) is 5.32 Å². The summed E-state index contributed by atoms with van der Waals surface area (Å²) < 4.78 is 9.87. The number of carbonyl (C=O) groups excluding carboxylic acids is 1. The molecule has 2 N–H and O–H groups in total. The van der Waals surface area contributed by atoms with E-state index in [0.29, 0.717) is 13.2 Å². The minimum atomic E-state index is -1.06. The Morgan fingerprint density at radius 3 is 2.94 bits per heavy atom. The lowest BCUT2D eigenvalue weighted by molar-refractivity contribution is -0.123. The second kappa shape index (κ2) is 6.87. The van der Waals surface area contributed by atoms with Crippen LogP contribution in [0, 0.1) is 0 Å². The molecule has 0 aliphatic carbocycles. The van der Waals surface area contributed by atoms with Gasteiger partial charge in [-0.25, -0.2) is 4.79 Å². The molecule has 7 heteroatoms. The summed E-state index contributed by atoms with van der Waals surface area (Å²) in [6.07, 6.45) is 0. The maximum atomic E-state index is 11.3. The van der Waals surface area contributed by atoms with Gasteiger partial charge >= 0.3 is 5.97 Å². The first kappa shape index (κ1) is 13.5. The highest BCUT2D eigenvalue weighted by atomic mass is 32.1. The lowest BCUT2D eigenvalue weighted by Crippen LogP contribution is -2.31. The van der Waals surface area contributed by atoms with Crippen molar-refractivity contribution < 1.29 is 24.2 Å². The molecule has 1 aromatic rings. The summed E-state index contributed by atoms with van der Waals surface area (Å²) in [6, 6.07) is 1.52. The van der Waals surface area contributed by atoms with Crippen molar-refractivity contribution in [1.29, 1.82) is 0 Å². The second-order valence-electron chi connectivity index (χ2n) is 3.05. The molecule has 0 aliphatic rings. The Morgan fingerprint density at radius 1 is 1.53 bits per heavy atom. The fraction of sp³-hybridized carbons (Fsp3) is 0.400. The molecule has 94 valence electrons. The molecule has 0 fully saturated rings. The van der Waals surface area contributed by atoms with Crippen molar-refractivity contribution in [2.24, 2.45) is 0 Å². The van der Waals surface area contributed by atoms with Gasteiger partial charge in [-0.1, -0.05) is 0 Å². The van der Waals surface area contributed by atoms with E-state index in [4.69, 9.17) is 14.6 Å². The molecule has 1 heterocycles. The smallest absolute Gasteiger partial charge is 0.349 e. The molecule has 0 aliphatic heterocycles. The number of hydrogen-bond acceptors (Lipinski definition) is 5. The highest BCUT2D eigenvalue weighted by Crippen LogP contribution is 2.24. The molecule has 0 unspecified atom stereocenters. The van der Waals surface area contributed by atoms with E-state index in [0.717, 1.165) is 11.3 Å². The van der Waals surface area contributed by atoms with Crippen molar-refractivity contribution in [3.05, 3.63) is 16.3 Å². The SMILES string of the molecule is COCCNC(=O)COc1ccsc1C(=O)O. The fourth-order valence-corrected chi connectivity index (χ4v) is 1.73. The standard InChI is InChI=1S/C10H13NO5S/c1-15-4-3-11-8(12)6-16-7-2-5-17-9(7)10(13)14/h2,5H,3-4,6H2,1H3,(H,11,12)(H,13,14). The van der Waals surface area contributed by atoms with Gasteiger partial charge in [-0.15, -0.1) is 11.3 Å². The first-order chi connectivity index (χ1) is 8.15. The van der Waals surface area contributed by atoms with Crippen LogP contribution in [0.15, 0.2) is 11.4 Å². The predicted molar refractivity (Wildman–Crippen MR) is 61.7 cm³/mol. The van der Waals surface area contributed by atoms with Gasteiger partial charge in [-0.2, -0.15) is 0 Å². The number of thiophene rings is 1. The lowest BCUT2D eigenvalue weighted by Gasteiger charge is -2.06. The van der Waals surface area contributed by atoms with Crippen LogP contribution in [-0.2, 0) is 9.53 Å². The average Bonchev–Trinajstić information content (AvgIpc) is 2.75. The number of rotatable bonds is 7. The van der Waals surface area contributed by atoms with Gasteiger partial charge in [0.05, 0.1) is 6.61 Å². The van der Waals surface area contributed by atoms with Crippen LogP contribution in [0.5, 0.6) is 5.75 Å². The molecule has 0 radical (unpaired) electrons. The molecule has 0 saturated carbocycles. The maximum Gasteiger partial charge on any atom is 0.349 e. The number of methoxy groups -OCH3 is 1. The van der Waals surface area contributed by atoms with E-state index in [1.807, 2.05) is 0 Å². The normalized spacial score (nSPS) is 9.94. The number of hydrogen-bond donors (Lipinski definition) is 2. The third-order valence-corrected chi connectivity index (χ3v) is 2.69. The molecule has 0 spiro atoms. The highest BCUT2D eigenvalue weighted by molar-refractivity contribution is 7.12. The van der Waals surface area contributed by atoms with Gasteiger partial charge in [0.25, 0.3) is 5.91 Å². The van der Waals surface area contributed by atoms with Gasteiger partial charge in [0.1, 0.15) is 5.75 Å². The number of ether oxygens (including phenoxy) is 2. The number of nitrogens with one attached hydrogen (secondary N) is 1. The Hall–Kier alpha value is -1.60. The zero-order valence-corrected chi connectivity index (χ0v) is 10.1. The van der Waals surface area contributed by atoms with Crippen LogP contribution in [-0.4, -0.2) is 43.9 Å². The Bertz CT molecular complexity index is 390. The Morgan fingerprint density at radius 2 is 2.29 bits per heavy atom. The summed E-state index contributed by atoms with van der Waals surface area (Å²) in [4.78, 5) is 22.1. The monoisotopic (exact) mass is 259 g/mol. The van der Waals surface area contributed by atoms with Crippen LogP contribution in [0.3, 0.4) is 0 Å². The summed E-state index contributed by atoms with van der Waals surface area (Å²) in [6.45, 7) is 0.611. The van der Waals surface area contributed by atoms with Gasteiger partial charge in [-0.3, -0.25) is 4.79 Å². The fourth-order valence-electron chi connectivity index (χ4n) is 1.05. The molecule has 0 aromatic carbocycles. The van der Waals surface area contributed by atoms with E-state index in [9.17, 15) is 9.59 Å². The molecular formula is C10H13NO5S. The van der Waals surface area contributed by atoms with Crippen LogP contribution in [0.2, 0.25) is 0 Å². The van der Waals surface area contributed by atoms with Crippen molar-refractivity contribution >= 4 is 23.2 Å². The van der Waals surface area contributed by atoms with Crippen LogP contribution in [0.4, 0.5) is 0 Å². The minimum Gasteiger partial charge on any atom is -0.482 e. The van der Waals surface area contributed by atoms with Gasteiger partial charge in [0.15, 0.2) is 11.5 Å². The molecular weight excluding hydrogens is 246 g/mol. The van der Waals surface area contributed by atoms with Gasteiger partial charge < -0.3 is 19.9 Å². The zero-order chi connectivity index (χ0) is 12.7. The molecule has 17 heavy (non-hydrogen) atoms. The van der Waals surface area contributed by atoms with Gasteiger partial charge in [-0.05, 0) is 11.4 Å². The number of aromatic carboxylic acids is 1. The first-order valence-electron chi connectivity index (χ1n) is 4.84. The average molecular weight is 259 g/mol. The third-order valence-electron chi connectivity index (χ3n) is 1.81. The summed E-state index contributed by atoms with van der Waals surface area (Å²) in [7, 11) is 1.53. The molecule has 0 saturated heterocycles. The predicted octanol–water partition coefficient (Wildman–Crippen LogP) is 0.588. The molecule has 1 rings (SSSR count). The molecule has 0 bridgehead atoms. The summed E-state index contributed by atoms with van der Waals surface area (Å²) in [5.74, 6) is -1.16. The van der Waals surface area contributed by atoms with E-state index in [1.54, 1.807) is 5.38 Å². The number of carboxylic acids is 1. The van der Waals surface area contributed by atoms with Crippen molar-refractivity contribution in [3.8, 4) is 5.75 Å². The molecule has 1 aromatic heterocycles. The molecule has 0 atom stereocenters. The highest BCUT2D eigenvalue weighted by Gasteiger charge is 2.13. The lowest BCUT2D eigenvalue weighted by atomic mass is 10.4. The number of carbonyl (C=O) groups is 2. The van der Waals surface area contributed by atoms with Gasteiger partial charge in [0.2, 0.25) is 0 Å². The Balaban J connectivity index is 2.37. The van der Waals surface area contributed by atoms with Crippen molar-refractivity contribution in [2.75, 3.05) is 26.9 Å². The summed E-state index contributed by atoms with van der Waals surface area (Å²) in [5.41, 5.74) is 0.